The Kier molecular flexibility index (Phi) is 14.3. The van der Waals surface area contributed by atoms with Crippen LogP contribution < -0.4 is 0 Å². The van der Waals surface area contributed by atoms with E-state index < -0.39 is 5.97 Å². The first-order valence-corrected chi connectivity index (χ1v) is 4.13. The summed E-state index contributed by atoms with van der Waals surface area (Å²) in [7, 11) is 0. The molecule has 0 unspecified atom stereocenters. The van der Waals surface area contributed by atoms with E-state index >= 15 is 0 Å². The molecule has 0 amide bonds. The van der Waals surface area contributed by atoms with Gasteiger partial charge in [0.05, 0.1) is 0 Å². The summed E-state index contributed by atoms with van der Waals surface area (Å²) in [4.78, 5) is 9.76. The second kappa shape index (κ2) is 10.9. The Morgan fingerprint density at radius 1 is 1.56 bits per heavy atom. The Bertz CT molecular complexity index is 65.2. The summed E-state index contributed by atoms with van der Waals surface area (Å²) in [5.74, 6) is -0.693. The van der Waals surface area contributed by atoms with Crippen molar-refractivity contribution < 1.29 is 32.5 Å². The predicted octanol–water partition coefficient (Wildman–Crippen LogP) is 0.702. The Labute approximate surface area is 65.2 Å². The molecule has 0 heterocycles. The average Bonchev–Trinajstić information content (AvgIpc) is 1.88. The van der Waals surface area contributed by atoms with Gasteiger partial charge >= 0.3 is 28.6 Å². The molecule has 0 aromatic heterocycles. The van der Waals surface area contributed by atoms with Crippen molar-refractivity contribution in [2.75, 3.05) is 0 Å². The zero-order valence-corrected chi connectivity index (χ0v) is 8.60. The van der Waals surface area contributed by atoms with E-state index in [2.05, 4.69) is 0 Å². The van der Waals surface area contributed by atoms with Crippen LogP contribution in [0.25, 0.3) is 0 Å². The Morgan fingerprint density at radius 3 is 2.11 bits per heavy atom. The predicted molar refractivity (Wildman–Crippen MR) is 29.4 cm³/mol. The van der Waals surface area contributed by atoms with E-state index in [1.807, 2.05) is 6.92 Å². The molecule has 0 atom stereocenters. The van der Waals surface area contributed by atoms with Gasteiger partial charge in [0, 0.05) is 6.42 Å². The molecule has 0 aliphatic carbocycles. The van der Waals surface area contributed by atoms with E-state index in [-0.39, 0.29) is 0 Å². The molecule has 0 radical (unpaired) electrons. The van der Waals surface area contributed by atoms with E-state index in [9.17, 15) is 4.79 Å². The SMILES string of the molecule is CCCCC(=O)O.[OH][Zn]. The Hall–Kier alpha value is 0.0534. The van der Waals surface area contributed by atoms with Gasteiger partial charge < -0.3 is 5.11 Å². The van der Waals surface area contributed by atoms with Crippen LogP contribution in [0.1, 0.15) is 26.2 Å². The zero-order valence-electron chi connectivity index (χ0n) is 5.63. The van der Waals surface area contributed by atoms with Crippen molar-refractivity contribution in [1.82, 2.24) is 0 Å². The molecule has 51 valence electrons. The minimum atomic E-state index is -0.693. The number of hydrogen-bond acceptors (Lipinski definition) is 2. The fraction of sp³-hybridized carbons (Fsp3) is 0.800. The molecule has 0 aliphatic rings. The Balaban J connectivity index is 0. The van der Waals surface area contributed by atoms with Gasteiger partial charge in [0.15, 0.2) is 0 Å². The van der Waals surface area contributed by atoms with E-state index in [4.69, 9.17) is 9.04 Å². The first-order chi connectivity index (χ1) is 4.27. The molecule has 0 aromatic carbocycles. The van der Waals surface area contributed by atoms with E-state index in [0.717, 1.165) is 12.8 Å². The maximum atomic E-state index is 9.76. The second-order valence-corrected chi connectivity index (χ2v) is 1.50. The van der Waals surface area contributed by atoms with Crippen LogP contribution in [0.4, 0.5) is 0 Å². The summed E-state index contributed by atoms with van der Waals surface area (Å²) < 4.78 is 7.12. The molecule has 0 aromatic rings. The number of rotatable bonds is 3. The third kappa shape index (κ3) is 18.0. The summed E-state index contributed by atoms with van der Waals surface area (Å²) in [5.41, 5.74) is 0. The normalized spacial score (nSPS) is 7.56. The van der Waals surface area contributed by atoms with Crippen LogP contribution in [0.5, 0.6) is 0 Å². The number of aliphatic carboxylic acids is 1. The standard InChI is InChI=1S/C5H10O2.H2O.Zn/c1-2-3-4-5(6)7;;/h2-4H2,1H3,(H,6,7);1H2;/q;;+1/p-1. The van der Waals surface area contributed by atoms with Gasteiger partial charge in [0.2, 0.25) is 0 Å². The molecule has 0 fully saturated rings. The van der Waals surface area contributed by atoms with Crippen molar-refractivity contribution in [1.29, 1.82) is 0 Å². The van der Waals surface area contributed by atoms with Crippen molar-refractivity contribution in [2.24, 2.45) is 0 Å². The maximum absolute atomic E-state index is 9.76. The quantitative estimate of drug-likeness (QED) is 0.635. The topological polar surface area (TPSA) is 57.5 Å². The molecule has 2 N–H and O–H groups in total. The van der Waals surface area contributed by atoms with Gasteiger partial charge in [-0.3, -0.25) is 4.79 Å². The van der Waals surface area contributed by atoms with Crippen molar-refractivity contribution in [3.05, 3.63) is 0 Å². The molecule has 0 saturated heterocycles. The van der Waals surface area contributed by atoms with Gasteiger partial charge in [-0.1, -0.05) is 13.3 Å². The molecular weight excluding hydrogens is 173 g/mol. The Morgan fingerprint density at radius 2 is 2.00 bits per heavy atom. The van der Waals surface area contributed by atoms with Crippen LogP contribution in [0.2, 0.25) is 0 Å². The number of carboxylic acids is 1. The van der Waals surface area contributed by atoms with Crippen molar-refractivity contribution in [2.45, 2.75) is 26.2 Å². The first-order valence-electron chi connectivity index (χ1n) is 2.80. The van der Waals surface area contributed by atoms with E-state index in [1.54, 1.807) is 0 Å². The fourth-order valence-electron chi connectivity index (χ4n) is 0.328. The summed E-state index contributed by atoms with van der Waals surface area (Å²) in [6, 6.07) is 0. The molecule has 9 heavy (non-hydrogen) atoms. The summed E-state index contributed by atoms with van der Waals surface area (Å²) in [6.45, 7) is 1.98. The third-order valence-electron chi connectivity index (χ3n) is 0.744. The van der Waals surface area contributed by atoms with Crippen molar-refractivity contribution >= 4 is 5.97 Å². The summed E-state index contributed by atoms with van der Waals surface area (Å²) in [6.07, 6.45) is 2.08. The van der Waals surface area contributed by atoms with Gasteiger partial charge in [0.25, 0.3) is 0 Å². The van der Waals surface area contributed by atoms with Crippen LogP contribution in [-0.2, 0) is 23.5 Å². The number of unbranched alkanes of at least 4 members (excludes halogenated alkanes) is 1. The molecule has 0 bridgehead atoms. The number of carbonyl (C=O) groups is 1. The van der Waals surface area contributed by atoms with Crippen molar-refractivity contribution in [3.63, 3.8) is 0 Å². The number of hydrogen-bond donors (Lipinski definition) is 2. The average molecular weight is 185 g/mol. The molecule has 4 heteroatoms. The van der Waals surface area contributed by atoms with Crippen LogP contribution in [0.3, 0.4) is 0 Å². The van der Waals surface area contributed by atoms with Crippen LogP contribution in [-0.4, -0.2) is 15.0 Å². The monoisotopic (exact) mass is 183 g/mol. The van der Waals surface area contributed by atoms with Crippen LogP contribution in [0, 0.1) is 0 Å². The fourth-order valence-corrected chi connectivity index (χ4v) is 0.328. The van der Waals surface area contributed by atoms with Crippen LogP contribution >= 0.6 is 0 Å². The van der Waals surface area contributed by atoms with Gasteiger partial charge in [-0.2, -0.15) is 0 Å². The zero-order chi connectivity index (χ0) is 7.70. The molecule has 0 aliphatic heterocycles. The van der Waals surface area contributed by atoms with Gasteiger partial charge in [-0.15, -0.1) is 0 Å². The van der Waals surface area contributed by atoms with Crippen molar-refractivity contribution in [3.8, 4) is 0 Å². The summed E-state index contributed by atoms with van der Waals surface area (Å²) in [5, 5.41) is 8.04. The van der Waals surface area contributed by atoms with Gasteiger partial charge in [-0.05, 0) is 6.42 Å². The first kappa shape index (κ1) is 11.8. The van der Waals surface area contributed by atoms with Crippen LogP contribution in [0.15, 0.2) is 0 Å². The third-order valence-corrected chi connectivity index (χ3v) is 0.744. The molecular formula is C5H11O3Zn. The van der Waals surface area contributed by atoms with E-state index in [0.29, 0.717) is 25.1 Å². The molecule has 0 spiro atoms. The molecule has 3 nitrogen and oxygen atoms in total. The van der Waals surface area contributed by atoms with Gasteiger partial charge in [-0.25, -0.2) is 0 Å². The second-order valence-electron chi connectivity index (χ2n) is 1.50. The molecule has 0 rings (SSSR count). The summed E-state index contributed by atoms with van der Waals surface area (Å²) >= 11 is 0.375. The minimum absolute atomic E-state index is 0.316. The van der Waals surface area contributed by atoms with E-state index in [1.165, 1.54) is 0 Å². The molecule has 0 saturated carbocycles. The van der Waals surface area contributed by atoms with Gasteiger partial charge in [0.1, 0.15) is 0 Å². The number of carboxylic acid groups (broad SMARTS) is 1.